The number of hydrogen-bond acceptors (Lipinski definition) is 3. The summed E-state index contributed by atoms with van der Waals surface area (Å²) in [6.07, 6.45) is 2.72. The van der Waals surface area contributed by atoms with Crippen LogP contribution in [0, 0.1) is 5.92 Å². The minimum atomic E-state index is 0.649. The highest BCUT2D eigenvalue weighted by Gasteiger charge is 2.33. The van der Waals surface area contributed by atoms with E-state index in [0.717, 1.165) is 23.8 Å². The molecule has 1 atom stereocenters. The van der Waals surface area contributed by atoms with Gasteiger partial charge in [0, 0.05) is 18.0 Å². The number of para-hydroxylation sites is 1. The SMILES string of the molecule is c1ccc2oc(CNC3CN4CCC3CC4)cc2c1. The van der Waals surface area contributed by atoms with Gasteiger partial charge in [-0.3, -0.25) is 0 Å². The highest BCUT2D eigenvalue weighted by Crippen LogP contribution is 2.28. The zero-order valence-electron chi connectivity index (χ0n) is 11.1. The van der Waals surface area contributed by atoms with Gasteiger partial charge >= 0.3 is 0 Å². The summed E-state index contributed by atoms with van der Waals surface area (Å²) in [5, 5.41) is 4.90. The van der Waals surface area contributed by atoms with Crippen molar-refractivity contribution >= 4 is 11.0 Å². The minimum absolute atomic E-state index is 0.649. The van der Waals surface area contributed by atoms with Gasteiger partial charge in [-0.15, -0.1) is 0 Å². The van der Waals surface area contributed by atoms with Gasteiger partial charge in [-0.2, -0.15) is 0 Å². The number of furan rings is 1. The monoisotopic (exact) mass is 256 g/mol. The molecule has 0 radical (unpaired) electrons. The summed E-state index contributed by atoms with van der Waals surface area (Å²) in [6.45, 7) is 4.66. The molecule has 3 saturated heterocycles. The van der Waals surface area contributed by atoms with E-state index in [9.17, 15) is 0 Å². The minimum Gasteiger partial charge on any atom is -0.460 e. The fraction of sp³-hybridized carbons (Fsp3) is 0.500. The van der Waals surface area contributed by atoms with Crippen molar-refractivity contribution in [2.45, 2.75) is 25.4 Å². The highest BCUT2D eigenvalue weighted by molar-refractivity contribution is 5.77. The van der Waals surface area contributed by atoms with Crippen LogP contribution in [0.2, 0.25) is 0 Å². The maximum Gasteiger partial charge on any atom is 0.134 e. The third-order valence-electron chi connectivity index (χ3n) is 4.67. The highest BCUT2D eigenvalue weighted by atomic mass is 16.3. The zero-order chi connectivity index (χ0) is 12.7. The van der Waals surface area contributed by atoms with Gasteiger partial charge < -0.3 is 14.6 Å². The molecule has 1 aromatic carbocycles. The van der Waals surface area contributed by atoms with Crippen molar-refractivity contribution in [3.05, 3.63) is 36.1 Å². The molecule has 1 aromatic heterocycles. The zero-order valence-corrected chi connectivity index (χ0v) is 11.1. The molecular formula is C16H20N2O. The largest absolute Gasteiger partial charge is 0.460 e. The average molecular weight is 256 g/mol. The molecule has 19 heavy (non-hydrogen) atoms. The van der Waals surface area contributed by atoms with Gasteiger partial charge in [0.15, 0.2) is 0 Å². The van der Waals surface area contributed by atoms with Crippen LogP contribution < -0.4 is 5.32 Å². The van der Waals surface area contributed by atoms with Crippen LogP contribution in [0.5, 0.6) is 0 Å². The molecule has 100 valence electrons. The second-order valence-electron chi connectivity index (χ2n) is 5.88. The second-order valence-corrected chi connectivity index (χ2v) is 5.88. The Morgan fingerprint density at radius 3 is 2.79 bits per heavy atom. The molecule has 0 aliphatic carbocycles. The molecular weight excluding hydrogens is 236 g/mol. The van der Waals surface area contributed by atoms with Crippen molar-refractivity contribution in [3.63, 3.8) is 0 Å². The van der Waals surface area contributed by atoms with Crippen molar-refractivity contribution in [2.24, 2.45) is 5.92 Å². The van der Waals surface area contributed by atoms with E-state index in [0.29, 0.717) is 6.04 Å². The molecule has 1 unspecified atom stereocenters. The first-order chi connectivity index (χ1) is 9.38. The number of benzene rings is 1. The van der Waals surface area contributed by atoms with E-state index in [1.807, 2.05) is 12.1 Å². The van der Waals surface area contributed by atoms with E-state index in [1.165, 1.54) is 37.9 Å². The predicted octanol–water partition coefficient (Wildman–Crippen LogP) is 2.62. The lowest BCUT2D eigenvalue weighted by atomic mass is 9.84. The first-order valence-corrected chi connectivity index (χ1v) is 7.32. The number of nitrogens with one attached hydrogen (secondary N) is 1. The number of fused-ring (bicyclic) bond motifs is 4. The van der Waals surface area contributed by atoms with Gasteiger partial charge in [0.2, 0.25) is 0 Å². The third kappa shape index (κ3) is 2.17. The molecule has 3 nitrogen and oxygen atoms in total. The standard InChI is InChI=1S/C16H20N2O/c1-2-4-16-13(3-1)9-14(19-16)10-17-15-11-18-7-5-12(15)6-8-18/h1-4,9,12,15,17H,5-8,10-11H2. The molecule has 5 rings (SSSR count). The fourth-order valence-corrected chi connectivity index (χ4v) is 3.55. The molecule has 2 bridgehead atoms. The van der Waals surface area contributed by atoms with E-state index >= 15 is 0 Å². The Labute approximate surface area is 113 Å². The van der Waals surface area contributed by atoms with E-state index in [1.54, 1.807) is 0 Å². The number of nitrogens with zero attached hydrogens (tertiary/aromatic N) is 1. The molecule has 3 heteroatoms. The number of hydrogen-bond donors (Lipinski definition) is 1. The van der Waals surface area contributed by atoms with Crippen LogP contribution in [0.4, 0.5) is 0 Å². The van der Waals surface area contributed by atoms with Crippen LogP contribution in [0.3, 0.4) is 0 Å². The van der Waals surface area contributed by atoms with Crippen molar-refractivity contribution in [3.8, 4) is 0 Å². The van der Waals surface area contributed by atoms with Gasteiger partial charge in [-0.05, 0) is 44.0 Å². The molecule has 3 aliphatic heterocycles. The first-order valence-electron chi connectivity index (χ1n) is 7.32. The Morgan fingerprint density at radius 2 is 2.05 bits per heavy atom. The van der Waals surface area contributed by atoms with E-state index in [2.05, 4.69) is 28.4 Å². The van der Waals surface area contributed by atoms with E-state index in [-0.39, 0.29) is 0 Å². The van der Waals surface area contributed by atoms with Crippen molar-refractivity contribution < 1.29 is 4.42 Å². The summed E-state index contributed by atoms with van der Waals surface area (Å²) in [7, 11) is 0. The molecule has 2 aromatic rings. The van der Waals surface area contributed by atoms with Gasteiger partial charge in [-0.1, -0.05) is 18.2 Å². The van der Waals surface area contributed by atoms with Crippen molar-refractivity contribution in [2.75, 3.05) is 19.6 Å². The van der Waals surface area contributed by atoms with E-state index in [4.69, 9.17) is 4.42 Å². The van der Waals surface area contributed by atoms with Crippen LogP contribution in [-0.2, 0) is 6.54 Å². The summed E-state index contributed by atoms with van der Waals surface area (Å²) in [5.41, 5.74) is 0.994. The Balaban J connectivity index is 1.44. The van der Waals surface area contributed by atoms with Gasteiger partial charge in [0.1, 0.15) is 11.3 Å². The normalized spacial score (nSPS) is 30.0. The third-order valence-corrected chi connectivity index (χ3v) is 4.67. The summed E-state index contributed by atoms with van der Waals surface area (Å²) in [4.78, 5) is 2.58. The molecule has 0 amide bonds. The molecule has 3 fully saturated rings. The topological polar surface area (TPSA) is 28.4 Å². The summed E-state index contributed by atoms with van der Waals surface area (Å²) >= 11 is 0. The summed E-state index contributed by atoms with van der Waals surface area (Å²) < 4.78 is 5.86. The van der Waals surface area contributed by atoms with Crippen LogP contribution in [0.25, 0.3) is 11.0 Å². The summed E-state index contributed by atoms with van der Waals surface area (Å²) in [6, 6.07) is 11.0. The Kier molecular flexibility index (Phi) is 2.82. The van der Waals surface area contributed by atoms with Crippen LogP contribution >= 0.6 is 0 Å². The molecule has 0 spiro atoms. The summed E-state index contributed by atoms with van der Waals surface area (Å²) in [5.74, 6) is 1.92. The molecule has 1 N–H and O–H groups in total. The molecule has 0 saturated carbocycles. The lowest BCUT2D eigenvalue weighted by molar-refractivity contribution is 0.0712. The molecule has 3 aliphatic rings. The van der Waals surface area contributed by atoms with Gasteiger partial charge in [-0.25, -0.2) is 0 Å². The maximum absolute atomic E-state index is 5.86. The van der Waals surface area contributed by atoms with Gasteiger partial charge in [0.05, 0.1) is 6.54 Å². The Bertz CT molecular complexity index is 536. The van der Waals surface area contributed by atoms with E-state index < -0.39 is 0 Å². The Hall–Kier alpha value is -1.32. The number of piperidine rings is 3. The quantitative estimate of drug-likeness (QED) is 0.915. The fourth-order valence-electron chi connectivity index (χ4n) is 3.55. The number of rotatable bonds is 3. The average Bonchev–Trinajstić information content (AvgIpc) is 2.89. The maximum atomic E-state index is 5.86. The Morgan fingerprint density at radius 1 is 1.21 bits per heavy atom. The van der Waals surface area contributed by atoms with Crippen molar-refractivity contribution in [1.82, 2.24) is 10.2 Å². The van der Waals surface area contributed by atoms with Crippen LogP contribution in [0.15, 0.2) is 34.7 Å². The smallest absolute Gasteiger partial charge is 0.134 e. The van der Waals surface area contributed by atoms with Crippen molar-refractivity contribution in [1.29, 1.82) is 0 Å². The van der Waals surface area contributed by atoms with Crippen LogP contribution in [0.1, 0.15) is 18.6 Å². The molecule has 4 heterocycles. The predicted molar refractivity (Wildman–Crippen MR) is 76.0 cm³/mol. The second kappa shape index (κ2) is 4.66. The van der Waals surface area contributed by atoms with Gasteiger partial charge in [0.25, 0.3) is 0 Å². The lowest BCUT2D eigenvalue weighted by Crippen LogP contribution is -2.55. The van der Waals surface area contributed by atoms with Crippen LogP contribution in [-0.4, -0.2) is 30.6 Å². The lowest BCUT2D eigenvalue weighted by Gasteiger charge is -2.45. The first kappa shape index (κ1) is 11.5.